The molecular weight excluding hydrogens is 198 g/mol. The van der Waals surface area contributed by atoms with Gasteiger partial charge >= 0.3 is 0 Å². The number of carbonyl (C=O) groups is 1. The second-order valence-corrected chi connectivity index (χ2v) is 4.95. The fourth-order valence-electron chi connectivity index (χ4n) is 2.46. The van der Waals surface area contributed by atoms with Crippen molar-refractivity contribution in [1.29, 1.82) is 0 Å². The summed E-state index contributed by atoms with van der Waals surface area (Å²) >= 11 is 0. The molecule has 0 amide bonds. The molecule has 1 aliphatic rings. The molecule has 0 radical (unpaired) electrons. The Morgan fingerprint density at radius 1 is 1.44 bits per heavy atom. The van der Waals surface area contributed by atoms with Crippen LogP contribution in [0.3, 0.4) is 0 Å². The van der Waals surface area contributed by atoms with Crippen LogP contribution < -0.4 is 4.90 Å². The highest BCUT2D eigenvalue weighted by Gasteiger charge is 2.22. The topological polar surface area (TPSA) is 20.3 Å². The maximum absolute atomic E-state index is 11.5. The summed E-state index contributed by atoms with van der Waals surface area (Å²) in [5.74, 6) is 0.843. The number of ketones is 1. The zero-order chi connectivity index (χ0) is 11.7. The third-order valence-corrected chi connectivity index (χ3v) is 3.09. The van der Waals surface area contributed by atoms with Crippen LogP contribution >= 0.6 is 0 Å². The van der Waals surface area contributed by atoms with E-state index < -0.39 is 0 Å². The van der Waals surface area contributed by atoms with Crippen LogP contribution in [0.4, 0.5) is 5.69 Å². The summed E-state index contributed by atoms with van der Waals surface area (Å²) in [6, 6.07) is 6.07. The van der Waals surface area contributed by atoms with Gasteiger partial charge in [0.1, 0.15) is 0 Å². The Morgan fingerprint density at radius 2 is 2.19 bits per heavy atom. The summed E-state index contributed by atoms with van der Waals surface area (Å²) in [5.41, 5.74) is 3.42. The number of fused-ring (bicyclic) bond motifs is 1. The van der Waals surface area contributed by atoms with E-state index in [9.17, 15) is 4.79 Å². The lowest BCUT2D eigenvalue weighted by molar-refractivity contribution is 0.101. The molecule has 1 aliphatic heterocycles. The molecule has 0 spiro atoms. The highest BCUT2D eigenvalue weighted by Crippen LogP contribution is 2.31. The van der Waals surface area contributed by atoms with E-state index in [1.807, 2.05) is 12.1 Å². The Morgan fingerprint density at radius 3 is 2.81 bits per heavy atom. The Hall–Kier alpha value is -1.31. The average Bonchev–Trinajstić information content (AvgIpc) is 2.60. The third-order valence-electron chi connectivity index (χ3n) is 3.09. The quantitative estimate of drug-likeness (QED) is 0.726. The van der Waals surface area contributed by atoms with Gasteiger partial charge in [0.05, 0.1) is 0 Å². The van der Waals surface area contributed by atoms with Crippen molar-refractivity contribution in [2.24, 2.45) is 5.92 Å². The molecule has 0 N–H and O–H groups in total. The highest BCUT2D eigenvalue weighted by atomic mass is 16.1. The average molecular weight is 217 g/mol. The highest BCUT2D eigenvalue weighted by molar-refractivity contribution is 5.97. The molecule has 1 aromatic carbocycles. The van der Waals surface area contributed by atoms with E-state index in [1.165, 1.54) is 11.3 Å². The van der Waals surface area contributed by atoms with E-state index in [1.54, 1.807) is 6.92 Å². The lowest BCUT2D eigenvalue weighted by Gasteiger charge is -2.21. The largest absolute Gasteiger partial charge is 0.371 e. The molecule has 2 rings (SSSR count). The number of carbonyl (C=O) groups excluding carboxylic acids is 1. The smallest absolute Gasteiger partial charge is 0.160 e. The van der Waals surface area contributed by atoms with Crippen LogP contribution in [0, 0.1) is 5.92 Å². The van der Waals surface area contributed by atoms with E-state index in [4.69, 9.17) is 0 Å². The first-order valence-corrected chi connectivity index (χ1v) is 5.97. The normalized spacial score (nSPS) is 14.4. The van der Waals surface area contributed by atoms with Crippen molar-refractivity contribution >= 4 is 11.5 Å². The first-order valence-electron chi connectivity index (χ1n) is 5.97. The van der Waals surface area contributed by atoms with Gasteiger partial charge in [0.25, 0.3) is 0 Å². The molecule has 16 heavy (non-hydrogen) atoms. The summed E-state index contributed by atoms with van der Waals surface area (Å²) in [7, 11) is 0. The molecule has 2 heteroatoms. The van der Waals surface area contributed by atoms with Gasteiger partial charge in [0, 0.05) is 24.3 Å². The first-order chi connectivity index (χ1) is 7.59. The molecule has 0 bridgehead atoms. The van der Waals surface area contributed by atoms with Crippen molar-refractivity contribution in [1.82, 2.24) is 0 Å². The van der Waals surface area contributed by atoms with Gasteiger partial charge in [-0.1, -0.05) is 26.0 Å². The van der Waals surface area contributed by atoms with Crippen molar-refractivity contribution in [3.8, 4) is 0 Å². The fourth-order valence-corrected chi connectivity index (χ4v) is 2.46. The van der Waals surface area contributed by atoms with Gasteiger partial charge in [0.2, 0.25) is 0 Å². The SMILES string of the molecule is CC(=O)c1cccc2c1CCN2CC(C)C. The van der Waals surface area contributed by atoms with Gasteiger partial charge in [0.15, 0.2) is 5.78 Å². The minimum absolute atomic E-state index is 0.184. The molecule has 2 nitrogen and oxygen atoms in total. The molecular formula is C14H19NO. The fraction of sp³-hybridized carbons (Fsp3) is 0.500. The van der Waals surface area contributed by atoms with Gasteiger partial charge in [-0.05, 0) is 30.9 Å². The molecule has 0 aliphatic carbocycles. The molecule has 86 valence electrons. The van der Waals surface area contributed by atoms with Crippen molar-refractivity contribution in [3.63, 3.8) is 0 Å². The number of anilines is 1. The molecule has 0 aromatic heterocycles. The third kappa shape index (κ3) is 1.97. The summed E-state index contributed by atoms with van der Waals surface area (Å²) < 4.78 is 0. The maximum Gasteiger partial charge on any atom is 0.160 e. The maximum atomic E-state index is 11.5. The summed E-state index contributed by atoms with van der Waals surface area (Å²) in [6.07, 6.45) is 1.01. The standard InChI is InChI=1S/C14H19NO/c1-10(2)9-15-8-7-13-12(11(3)16)5-4-6-14(13)15/h4-6,10H,7-9H2,1-3H3. The molecule has 1 aromatic rings. The van der Waals surface area contributed by atoms with Gasteiger partial charge in [-0.25, -0.2) is 0 Å². The molecule has 0 atom stereocenters. The van der Waals surface area contributed by atoms with Gasteiger partial charge in [-0.2, -0.15) is 0 Å². The van der Waals surface area contributed by atoms with Crippen LogP contribution in [-0.2, 0) is 6.42 Å². The Balaban J connectivity index is 2.34. The molecule has 0 fully saturated rings. The number of Topliss-reactive ketones (excluding diaryl/α,β-unsaturated/α-hetero) is 1. The second-order valence-electron chi connectivity index (χ2n) is 4.95. The molecule has 1 heterocycles. The molecule has 0 saturated carbocycles. The van der Waals surface area contributed by atoms with Gasteiger partial charge in [-0.15, -0.1) is 0 Å². The monoisotopic (exact) mass is 217 g/mol. The van der Waals surface area contributed by atoms with Gasteiger partial charge in [-0.3, -0.25) is 4.79 Å². The van der Waals surface area contributed by atoms with Crippen molar-refractivity contribution in [2.75, 3.05) is 18.0 Å². The Bertz CT molecular complexity index is 409. The van der Waals surface area contributed by atoms with Crippen LogP contribution in [0.2, 0.25) is 0 Å². The first kappa shape index (κ1) is 11.2. The lowest BCUT2D eigenvalue weighted by atomic mass is 10.0. The summed E-state index contributed by atoms with van der Waals surface area (Å²) in [4.78, 5) is 13.9. The van der Waals surface area contributed by atoms with E-state index >= 15 is 0 Å². The Labute approximate surface area is 97.3 Å². The minimum atomic E-state index is 0.184. The van der Waals surface area contributed by atoms with E-state index in [0.717, 1.165) is 25.1 Å². The van der Waals surface area contributed by atoms with E-state index in [0.29, 0.717) is 5.92 Å². The number of benzene rings is 1. The van der Waals surface area contributed by atoms with E-state index in [-0.39, 0.29) is 5.78 Å². The zero-order valence-corrected chi connectivity index (χ0v) is 10.3. The van der Waals surface area contributed by atoms with Crippen molar-refractivity contribution in [2.45, 2.75) is 27.2 Å². The second kappa shape index (κ2) is 4.28. The van der Waals surface area contributed by atoms with Gasteiger partial charge < -0.3 is 4.90 Å². The molecule has 0 saturated heterocycles. The number of hydrogen-bond donors (Lipinski definition) is 0. The lowest BCUT2D eigenvalue weighted by Crippen LogP contribution is -2.25. The zero-order valence-electron chi connectivity index (χ0n) is 10.3. The van der Waals surface area contributed by atoms with Crippen LogP contribution in [0.5, 0.6) is 0 Å². The van der Waals surface area contributed by atoms with Crippen LogP contribution in [-0.4, -0.2) is 18.9 Å². The predicted molar refractivity (Wildman–Crippen MR) is 67.2 cm³/mol. The summed E-state index contributed by atoms with van der Waals surface area (Å²) in [6.45, 7) is 8.24. The number of hydrogen-bond acceptors (Lipinski definition) is 2. The molecule has 0 unspecified atom stereocenters. The van der Waals surface area contributed by atoms with Crippen LogP contribution in [0.25, 0.3) is 0 Å². The van der Waals surface area contributed by atoms with Crippen molar-refractivity contribution in [3.05, 3.63) is 29.3 Å². The summed E-state index contributed by atoms with van der Waals surface area (Å²) in [5, 5.41) is 0. The van der Waals surface area contributed by atoms with Crippen LogP contribution in [0.15, 0.2) is 18.2 Å². The van der Waals surface area contributed by atoms with Crippen LogP contribution in [0.1, 0.15) is 36.7 Å². The van der Waals surface area contributed by atoms with Crippen molar-refractivity contribution < 1.29 is 4.79 Å². The predicted octanol–water partition coefficient (Wildman–Crippen LogP) is 2.91. The number of rotatable bonds is 3. The van der Waals surface area contributed by atoms with E-state index in [2.05, 4.69) is 24.8 Å². The minimum Gasteiger partial charge on any atom is -0.371 e. The number of nitrogens with zero attached hydrogens (tertiary/aromatic N) is 1. The Kier molecular flexibility index (Phi) is 2.99.